The summed E-state index contributed by atoms with van der Waals surface area (Å²) in [7, 11) is 0. The van der Waals surface area contributed by atoms with Gasteiger partial charge in [0, 0.05) is 20.0 Å². The van der Waals surface area contributed by atoms with Crippen molar-refractivity contribution in [1.82, 2.24) is 0 Å². The van der Waals surface area contributed by atoms with E-state index in [1.165, 1.54) is 15.4 Å². The molecule has 0 saturated carbocycles. The number of aryl methyl sites for hydroxylation is 1. The predicted molar refractivity (Wildman–Crippen MR) is 73.9 cm³/mol. The van der Waals surface area contributed by atoms with Crippen LogP contribution in [0.1, 0.15) is 5.56 Å². The lowest BCUT2D eigenvalue weighted by molar-refractivity contribution is 1.32. The molecule has 0 atom stereocenters. The number of hydrogen-bond donors (Lipinski definition) is 1. The summed E-state index contributed by atoms with van der Waals surface area (Å²) in [5.41, 5.74) is 7.70. The third-order valence-corrected chi connectivity index (χ3v) is 4.13. The fourth-order valence-electron chi connectivity index (χ4n) is 1.35. The fourth-order valence-corrected chi connectivity index (χ4v) is 2.52. The van der Waals surface area contributed by atoms with Gasteiger partial charge in [0.05, 0.1) is 0 Å². The van der Waals surface area contributed by atoms with E-state index >= 15 is 0 Å². The van der Waals surface area contributed by atoms with E-state index in [1.54, 1.807) is 11.8 Å². The molecule has 0 heterocycles. The molecule has 2 aromatic carbocycles. The first-order valence-corrected chi connectivity index (χ1v) is 6.55. The van der Waals surface area contributed by atoms with E-state index in [9.17, 15) is 0 Å². The van der Waals surface area contributed by atoms with E-state index in [-0.39, 0.29) is 0 Å². The van der Waals surface area contributed by atoms with Crippen LogP contribution in [0.2, 0.25) is 0 Å². The van der Waals surface area contributed by atoms with E-state index in [0.717, 1.165) is 10.2 Å². The molecule has 0 unspecified atom stereocenters. The van der Waals surface area contributed by atoms with Crippen molar-refractivity contribution in [3.63, 3.8) is 0 Å². The van der Waals surface area contributed by atoms with Gasteiger partial charge in [-0.05, 0) is 55.0 Å². The van der Waals surface area contributed by atoms with Crippen LogP contribution in [-0.2, 0) is 0 Å². The van der Waals surface area contributed by atoms with Crippen molar-refractivity contribution >= 4 is 33.4 Å². The highest BCUT2D eigenvalue weighted by Crippen LogP contribution is 2.30. The molecular weight excluding hydrogens is 282 g/mol. The number of anilines is 1. The van der Waals surface area contributed by atoms with Crippen LogP contribution in [0.15, 0.2) is 56.7 Å². The Bertz CT molecular complexity index is 494. The molecule has 16 heavy (non-hydrogen) atoms. The molecule has 0 aliphatic heterocycles. The monoisotopic (exact) mass is 293 g/mol. The minimum atomic E-state index is 0.802. The molecule has 0 saturated heterocycles. The molecule has 0 aliphatic carbocycles. The van der Waals surface area contributed by atoms with Gasteiger partial charge in [0.15, 0.2) is 0 Å². The van der Waals surface area contributed by atoms with Gasteiger partial charge in [-0.25, -0.2) is 0 Å². The maximum atomic E-state index is 5.65. The van der Waals surface area contributed by atoms with Gasteiger partial charge in [0.25, 0.3) is 0 Å². The normalized spacial score (nSPS) is 10.4. The lowest BCUT2D eigenvalue weighted by Gasteiger charge is -2.04. The van der Waals surface area contributed by atoms with Gasteiger partial charge in [-0.1, -0.05) is 27.7 Å². The van der Waals surface area contributed by atoms with Crippen molar-refractivity contribution in [2.45, 2.75) is 16.7 Å². The van der Waals surface area contributed by atoms with Crippen LogP contribution in [0.4, 0.5) is 5.69 Å². The highest BCUT2D eigenvalue weighted by molar-refractivity contribution is 9.10. The van der Waals surface area contributed by atoms with Gasteiger partial charge in [0.1, 0.15) is 0 Å². The minimum absolute atomic E-state index is 0.802. The minimum Gasteiger partial charge on any atom is -0.399 e. The third kappa shape index (κ3) is 2.80. The first kappa shape index (κ1) is 11.6. The van der Waals surface area contributed by atoms with Crippen LogP contribution in [0.5, 0.6) is 0 Å². The van der Waals surface area contributed by atoms with Gasteiger partial charge in [-0.15, -0.1) is 0 Å². The molecule has 2 rings (SSSR count). The lowest BCUT2D eigenvalue weighted by Crippen LogP contribution is -1.83. The average Bonchev–Trinajstić information content (AvgIpc) is 2.27. The molecule has 0 aliphatic rings. The third-order valence-electron chi connectivity index (χ3n) is 2.25. The molecular formula is C13H12BrNS. The zero-order valence-corrected chi connectivity index (χ0v) is 11.3. The van der Waals surface area contributed by atoms with Gasteiger partial charge >= 0.3 is 0 Å². The molecule has 2 N–H and O–H groups in total. The summed E-state index contributed by atoms with van der Waals surface area (Å²) in [6.45, 7) is 2.09. The smallest absolute Gasteiger partial charge is 0.0314 e. The molecule has 2 aromatic rings. The van der Waals surface area contributed by atoms with Crippen molar-refractivity contribution in [2.24, 2.45) is 0 Å². The van der Waals surface area contributed by atoms with Crippen molar-refractivity contribution in [3.8, 4) is 0 Å². The van der Waals surface area contributed by atoms with E-state index in [4.69, 9.17) is 5.73 Å². The van der Waals surface area contributed by atoms with Crippen molar-refractivity contribution in [1.29, 1.82) is 0 Å². The highest BCUT2D eigenvalue weighted by atomic mass is 79.9. The number of hydrogen-bond acceptors (Lipinski definition) is 2. The number of halogens is 1. The van der Waals surface area contributed by atoms with Crippen LogP contribution in [0.3, 0.4) is 0 Å². The Kier molecular flexibility index (Phi) is 3.56. The van der Waals surface area contributed by atoms with Crippen LogP contribution in [0.25, 0.3) is 0 Å². The van der Waals surface area contributed by atoms with Gasteiger partial charge < -0.3 is 5.73 Å². The summed E-state index contributed by atoms with van der Waals surface area (Å²) in [5, 5.41) is 0. The van der Waals surface area contributed by atoms with Crippen molar-refractivity contribution in [2.75, 3.05) is 5.73 Å². The standard InChI is InChI=1S/C13H12BrNS/c1-9-8-12(6-7-13(9)14)16-11-4-2-10(15)3-5-11/h2-8H,15H2,1H3. The maximum Gasteiger partial charge on any atom is 0.0314 e. The van der Waals surface area contributed by atoms with E-state index in [2.05, 4.69) is 41.1 Å². The Morgan fingerprint density at radius 1 is 1.00 bits per heavy atom. The largest absolute Gasteiger partial charge is 0.399 e. The zero-order valence-electron chi connectivity index (χ0n) is 8.91. The van der Waals surface area contributed by atoms with Crippen molar-refractivity contribution in [3.05, 3.63) is 52.5 Å². The predicted octanol–water partition coefficient (Wildman–Crippen LogP) is 4.49. The second-order valence-electron chi connectivity index (χ2n) is 3.58. The van der Waals surface area contributed by atoms with E-state index in [1.807, 2.05) is 24.3 Å². The van der Waals surface area contributed by atoms with E-state index < -0.39 is 0 Å². The second kappa shape index (κ2) is 4.93. The quantitative estimate of drug-likeness (QED) is 0.826. The SMILES string of the molecule is Cc1cc(Sc2ccc(N)cc2)ccc1Br. The summed E-state index contributed by atoms with van der Waals surface area (Å²) in [5.74, 6) is 0. The Morgan fingerprint density at radius 3 is 2.25 bits per heavy atom. The molecule has 0 bridgehead atoms. The molecule has 1 nitrogen and oxygen atoms in total. The summed E-state index contributed by atoms with van der Waals surface area (Å²) in [4.78, 5) is 2.45. The van der Waals surface area contributed by atoms with Crippen LogP contribution in [-0.4, -0.2) is 0 Å². The molecule has 3 heteroatoms. The molecule has 0 radical (unpaired) electrons. The maximum absolute atomic E-state index is 5.65. The van der Waals surface area contributed by atoms with Crippen LogP contribution >= 0.6 is 27.7 Å². The number of rotatable bonds is 2. The Morgan fingerprint density at radius 2 is 1.62 bits per heavy atom. The second-order valence-corrected chi connectivity index (χ2v) is 5.58. The molecule has 0 aromatic heterocycles. The first-order chi connectivity index (χ1) is 7.65. The van der Waals surface area contributed by atoms with Gasteiger partial charge in [-0.3, -0.25) is 0 Å². The van der Waals surface area contributed by atoms with Gasteiger partial charge in [-0.2, -0.15) is 0 Å². The molecule has 0 amide bonds. The highest BCUT2D eigenvalue weighted by Gasteiger charge is 2.00. The molecule has 82 valence electrons. The number of nitrogen functional groups attached to an aromatic ring is 1. The molecule has 0 spiro atoms. The summed E-state index contributed by atoms with van der Waals surface area (Å²) >= 11 is 5.24. The van der Waals surface area contributed by atoms with Crippen molar-refractivity contribution < 1.29 is 0 Å². The Balaban J connectivity index is 2.20. The van der Waals surface area contributed by atoms with Crippen LogP contribution in [0, 0.1) is 6.92 Å². The number of nitrogens with two attached hydrogens (primary N) is 1. The van der Waals surface area contributed by atoms with E-state index in [0.29, 0.717) is 0 Å². The summed E-state index contributed by atoms with van der Waals surface area (Å²) in [6, 6.07) is 14.3. The van der Waals surface area contributed by atoms with Crippen LogP contribution < -0.4 is 5.73 Å². The lowest BCUT2D eigenvalue weighted by atomic mass is 10.2. The average molecular weight is 294 g/mol. The number of benzene rings is 2. The Hall–Kier alpha value is -0.930. The molecule has 0 fully saturated rings. The first-order valence-electron chi connectivity index (χ1n) is 4.95. The summed E-state index contributed by atoms with van der Waals surface area (Å²) < 4.78 is 1.15. The topological polar surface area (TPSA) is 26.0 Å². The zero-order chi connectivity index (χ0) is 11.5. The summed E-state index contributed by atoms with van der Waals surface area (Å²) in [6.07, 6.45) is 0. The van der Waals surface area contributed by atoms with Gasteiger partial charge in [0.2, 0.25) is 0 Å². The Labute approximate surface area is 108 Å². The fraction of sp³-hybridized carbons (Fsp3) is 0.0769.